The molecule has 1 aliphatic rings. The zero-order chi connectivity index (χ0) is 11.0. The van der Waals surface area contributed by atoms with Crippen molar-refractivity contribution in [3.05, 3.63) is 34.3 Å². The fourth-order valence-electron chi connectivity index (χ4n) is 1.46. The molecule has 1 aromatic carbocycles. The van der Waals surface area contributed by atoms with Crippen LogP contribution < -0.4 is 5.32 Å². The van der Waals surface area contributed by atoms with Gasteiger partial charge < -0.3 is 5.32 Å². The molecule has 0 radical (unpaired) electrons. The molecule has 78 valence electrons. The number of hydrogen-bond acceptors (Lipinski definition) is 2. The highest BCUT2D eigenvalue weighted by Crippen LogP contribution is 2.22. The summed E-state index contributed by atoms with van der Waals surface area (Å²) in [5, 5.41) is 2.61. The molecule has 4 nitrogen and oxygen atoms in total. The molecule has 15 heavy (non-hydrogen) atoms. The maximum Gasteiger partial charge on any atom is 0.324 e. The number of hydrogen-bond donors (Lipinski definition) is 1. The largest absolute Gasteiger partial charge is 0.324 e. The lowest BCUT2D eigenvalue weighted by Gasteiger charge is -2.07. The van der Waals surface area contributed by atoms with Gasteiger partial charge in [0.1, 0.15) is 6.04 Å². The van der Waals surface area contributed by atoms with E-state index in [9.17, 15) is 9.59 Å². The zero-order valence-electron chi connectivity index (χ0n) is 8.03. The lowest BCUT2D eigenvalue weighted by molar-refractivity contribution is -0.126. The average molecular weight is 269 g/mol. The highest BCUT2D eigenvalue weighted by atomic mass is 79.9. The molecule has 1 atom stereocenters. The van der Waals surface area contributed by atoms with E-state index in [4.69, 9.17) is 0 Å². The van der Waals surface area contributed by atoms with Crippen molar-refractivity contribution >= 4 is 27.9 Å². The van der Waals surface area contributed by atoms with E-state index in [2.05, 4.69) is 21.2 Å². The number of benzene rings is 1. The molecule has 3 amide bonds. The van der Waals surface area contributed by atoms with Gasteiger partial charge in [0.2, 0.25) is 0 Å². The normalized spacial score (nSPS) is 20.7. The van der Waals surface area contributed by atoms with Crippen LogP contribution in [0.4, 0.5) is 4.79 Å². The van der Waals surface area contributed by atoms with Gasteiger partial charge in [0.25, 0.3) is 5.91 Å². The number of carbonyl (C=O) groups is 2. The van der Waals surface area contributed by atoms with E-state index < -0.39 is 6.04 Å². The molecule has 2 rings (SSSR count). The van der Waals surface area contributed by atoms with Crippen LogP contribution >= 0.6 is 15.9 Å². The van der Waals surface area contributed by atoms with E-state index in [0.29, 0.717) is 0 Å². The van der Waals surface area contributed by atoms with Gasteiger partial charge in [-0.1, -0.05) is 28.1 Å². The van der Waals surface area contributed by atoms with Crippen LogP contribution in [0.5, 0.6) is 0 Å². The van der Waals surface area contributed by atoms with Crippen LogP contribution in [0.25, 0.3) is 0 Å². The summed E-state index contributed by atoms with van der Waals surface area (Å²) in [6.45, 7) is 0. The van der Waals surface area contributed by atoms with Crippen LogP contribution in [-0.4, -0.2) is 23.9 Å². The minimum Gasteiger partial charge on any atom is -0.322 e. The van der Waals surface area contributed by atoms with Crippen molar-refractivity contribution in [3.8, 4) is 0 Å². The fourth-order valence-corrected chi connectivity index (χ4v) is 1.72. The molecule has 1 saturated heterocycles. The van der Waals surface area contributed by atoms with Gasteiger partial charge in [0.15, 0.2) is 0 Å². The number of likely N-dealkylation sites (N-methyl/N-ethyl adjacent to an activating group) is 1. The molecule has 1 unspecified atom stereocenters. The standard InChI is InChI=1S/C10H9BrN2O2/c1-13-9(14)8(12-10(13)15)6-2-4-7(11)5-3-6/h2-5,8H,1H3,(H,12,15). The Labute approximate surface area is 95.4 Å². The van der Waals surface area contributed by atoms with Crippen LogP contribution in [0.15, 0.2) is 28.7 Å². The van der Waals surface area contributed by atoms with Gasteiger partial charge in [0, 0.05) is 11.5 Å². The number of rotatable bonds is 1. The number of amides is 3. The second kappa shape index (κ2) is 3.66. The second-order valence-corrected chi connectivity index (χ2v) is 4.25. The average Bonchev–Trinajstić information content (AvgIpc) is 2.47. The Morgan fingerprint density at radius 2 is 1.87 bits per heavy atom. The summed E-state index contributed by atoms with van der Waals surface area (Å²) in [7, 11) is 1.47. The second-order valence-electron chi connectivity index (χ2n) is 3.33. The Morgan fingerprint density at radius 3 is 2.33 bits per heavy atom. The van der Waals surface area contributed by atoms with E-state index in [0.717, 1.165) is 14.9 Å². The third-order valence-electron chi connectivity index (χ3n) is 2.35. The number of carbonyl (C=O) groups excluding carboxylic acids is 2. The molecule has 0 spiro atoms. The molecule has 0 saturated carbocycles. The van der Waals surface area contributed by atoms with Crippen molar-refractivity contribution in [3.63, 3.8) is 0 Å². The van der Waals surface area contributed by atoms with Crippen LogP contribution in [0, 0.1) is 0 Å². The number of nitrogens with zero attached hydrogens (tertiary/aromatic N) is 1. The van der Waals surface area contributed by atoms with Crippen molar-refractivity contribution in [1.82, 2.24) is 10.2 Å². The SMILES string of the molecule is CN1C(=O)NC(c2ccc(Br)cc2)C1=O. The van der Waals surface area contributed by atoms with E-state index in [1.165, 1.54) is 7.05 Å². The first-order valence-corrected chi connectivity index (χ1v) is 5.22. The van der Waals surface area contributed by atoms with Crippen molar-refractivity contribution < 1.29 is 9.59 Å². The molecule has 0 aromatic heterocycles. The van der Waals surface area contributed by atoms with Crippen LogP contribution in [0.3, 0.4) is 0 Å². The van der Waals surface area contributed by atoms with Crippen molar-refractivity contribution in [2.45, 2.75) is 6.04 Å². The van der Waals surface area contributed by atoms with Crippen molar-refractivity contribution in [2.75, 3.05) is 7.05 Å². The quantitative estimate of drug-likeness (QED) is 0.788. The van der Waals surface area contributed by atoms with E-state index >= 15 is 0 Å². The Kier molecular flexibility index (Phi) is 2.48. The summed E-state index contributed by atoms with van der Waals surface area (Å²) >= 11 is 3.31. The first-order chi connectivity index (χ1) is 7.09. The van der Waals surface area contributed by atoms with Gasteiger partial charge >= 0.3 is 6.03 Å². The molecule has 1 heterocycles. The van der Waals surface area contributed by atoms with Crippen LogP contribution in [0.2, 0.25) is 0 Å². The van der Waals surface area contributed by atoms with Gasteiger partial charge in [0.05, 0.1) is 0 Å². The summed E-state index contributed by atoms with van der Waals surface area (Å²) in [5.41, 5.74) is 0.793. The Morgan fingerprint density at radius 1 is 1.27 bits per heavy atom. The molecule has 1 aromatic rings. The smallest absolute Gasteiger partial charge is 0.322 e. The molecule has 0 aliphatic carbocycles. The molecule has 5 heteroatoms. The van der Waals surface area contributed by atoms with Gasteiger partial charge in [-0.15, -0.1) is 0 Å². The Balaban J connectivity index is 2.29. The predicted molar refractivity (Wildman–Crippen MR) is 58.2 cm³/mol. The van der Waals surface area contributed by atoms with Gasteiger partial charge in [-0.25, -0.2) is 4.79 Å². The van der Waals surface area contributed by atoms with Crippen molar-refractivity contribution in [1.29, 1.82) is 0 Å². The maximum atomic E-state index is 11.6. The number of halogens is 1. The molecule has 1 N–H and O–H groups in total. The first-order valence-electron chi connectivity index (χ1n) is 4.43. The molecule has 1 aliphatic heterocycles. The van der Waals surface area contributed by atoms with Crippen molar-refractivity contribution in [2.24, 2.45) is 0 Å². The Hall–Kier alpha value is -1.36. The summed E-state index contributed by atoms with van der Waals surface area (Å²) in [6.07, 6.45) is 0. The third-order valence-corrected chi connectivity index (χ3v) is 2.88. The first kappa shape index (κ1) is 10.2. The summed E-state index contributed by atoms with van der Waals surface area (Å²) < 4.78 is 0.941. The van der Waals surface area contributed by atoms with Crippen LogP contribution in [-0.2, 0) is 4.79 Å². The van der Waals surface area contributed by atoms with Gasteiger partial charge in [-0.3, -0.25) is 9.69 Å². The number of nitrogens with one attached hydrogen (secondary N) is 1. The lowest BCUT2D eigenvalue weighted by atomic mass is 10.1. The van der Waals surface area contributed by atoms with E-state index in [1.807, 2.05) is 24.3 Å². The monoisotopic (exact) mass is 268 g/mol. The number of urea groups is 1. The highest BCUT2D eigenvalue weighted by molar-refractivity contribution is 9.10. The van der Waals surface area contributed by atoms with E-state index in [-0.39, 0.29) is 11.9 Å². The summed E-state index contributed by atoms with van der Waals surface area (Å²) in [4.78, 5) is 23.9. The minimum absolute atomic E-state index is 0.220. The summed E-state index contributed by atoms with van der Waals surface area (Å²) in [5.74, 6) is -0.220. The zero-order valence-corrected chi connectivity index (χ0v) is 9.61. The molecule has 0 bridgehead atoms. The Bertz CT molecular complexity index is 416. The maximum absolute atomic E-state index is 11.6. The summed E-state index contributed by atoms with van der Waals surface area (Å²) in [6, 6.07) is 6.40. The van der Waals surface area contributed by atoms with E-state index in [1.54, 1.807) is 0 Å². The third kappa shape index (κ3) is 1.74. The highest BCUT2D eigenvalue weighted by Gasteiger charge is 2.36. The number of imide groups is 1. The predicted octanol–water partition coefficient (Wildman–Crippen LogP) is 1.67. The fraction of sp³-hybridized carbons (Fsp3) is 0.200. The van der Waals surface area contributed by atoms with Gasteiger partial charge in [-0.05, 0) is 17.7 Å². The minimum atomic E-state index is -0.546. The van der Waals surface area contributed by atoms with Crippen LogP contribution in [0.1, 0.15) is 11.6 Å². The molecular formula is C10H9BrN2O2. The topological polar surface area (TPSA) is 49.4 Å². The van der Waals surface area contributed by atoms with Gasteiger partial charge in [-0.2, -0.15) is 0 Å². The molecular weight excluding hydrogens is 260 g/mol. The molecule has 1 fully saturated rings. The lowest BCUT2D eigenvalue weighted by Crippen LogP contribution is -2.25.